The van der Waals surface area contributed by atoms with Gasteiger partial charge in [0.15, 0.2) is 0 Å². The fourth-order valence-corrected chi connectivity index (χ4v) is 3.06. The Morgan fingerprint density at radius 2 is 2.10 bits per heavy atom. The van der Waals surface area contributed by atoms with Crippen LogP contribution in [0.2, 0.25) is 0 Å². The Morgan fingerprint density at radius 3 is 2.70 bits per heavy atom. The Balaban J connectivity index is 2.16. The van der Waals surface area contributed by atoms with Crippen molar-refractivity contribution in [2.45, 2.75) is 25.9 Å². The summed E-state index contributed by atoms with van der Waals surface area (Å²) in [5.74, 6) is -1.75. The molecule has 1 atom stereocenters. The van der Waals surface area contributed by atoms with Crippen molar-refractivity contribution in [2.24, 2.45) is 5.92 Å². The molecule has 1 aromatic rings. The van der Waals surface area contributed by atoms with Gasteiger partial charge in [-0.25, -0.2) is 0 Å². The van der Waals surface area contributed by atoms with E-state index in [1.807, 2.05) is 6.92 Å². The molecule has 1 aliphatic heterocycles. The number of alkyl halides is 3. The second-order valence-corrected chi connectivity index (χ2v) is 5.97. The van der Waals surface area contributed by atoms with Gasteiger partial charge in [-0.15, -0.1) is 0 Å². The molecule has 6 heteroatoms. The first kappa shape index (κ1) is 15.4. The van der Waals surface area contributed by atoms with Crippen LogP contribution in [0.15, 0.2) is 22.7 Å². The lowest BCUT2D eigenvalue weighted by Gasteiger charge is -2.34. The number of benzene rings is 1. The zero-order chi connectivity index (χ0) is 14.9. The highest BCUT2D eigenvalue weighted by Gasteiger charge is 2.42. The molecule has 2 nitrogen and oxygen atoms in total. The summed E-state index contributed by atoms with van der Waals surface area (Å²) in [5.41, 5.74) is 1.40. The average molecular weight is 350 g/mol. The van der Waals surface area contributed by atoms with E-state index < -0.39 is 12.1 Å². The van der Waals surface area contributed by atoms with Gasteiger partial charge in [-0.1, -0.05) is 6.07 Å². The van der Waals surface area contributed by atoms with E-state index in [0.29, 0.717) is 23.0 Å². The summed E-state index contributed by atoms with van der Waals surface area (Å²) in [5, 5.41) is 0. The van der Waals surface area contributed by atoms with Crippen molar-refractivity contribution < 1.29 is 18.0 Å². The Bertz CT molecular complexity index is 516. The maximum atomic E-state index is 12.8. The van der Waals surface area contributed by atoms with Gasteiger partial charge >= 0.3 is 6.18 Å². The number of rotatable bonds is 1. The lowest BCUT2D eigenvalue weighted by Crippen LogP contribution is -2.44. The van der Waals surface area contributed by atoms with Crippen LogP contribution < -0.4 is 0 Å². The molecular weight excluding hydrogens is 335 g/mol. The van der Waals surface area contributed by atoms with Crippen molar-refractivity contribution in [3.63, 3.8) is 0 Å². The molecule has 0 bridgehead atoms. The molecule has 1 amide bonds. The number of hydrogen-bond acceptors (Lipinski definition) is 1. The molecule has 1 saturated heterocycles. The predicted molar refractivity (Wildman–Crippen MR) is 73.6 cm³/mol. The Kier molecular flexibility index (Phi) is 4.42. The van der Waals surface area contributed by atoms with E-state index >= 15 is 0 Å². The second kappa shape index (κ2) is 5.76. The number of hydrogen-bond donors (Lipinski definition) is 0. The number of aryl methyl sites for hydroxylation is 1. The van der Waals surface area contributed by atoms with E-state index in [4.69, 9.17) is 0 Å². The molecule has 0 N–H and O–H groups in total. The van der Waals surface area contributed by atoms with E-state index in [0.717, 1.165) is 5.56 Å². The zero-order valence-electron chi connectivity index (χ0n) is 11.0. The Hall–Kier alpha value is -1.04. The van der Waals surface area contributed by atoms with Crippen molar-refractivity contribution in [2.75, 3.05) is 13.1 Å². The zero-order valence-corrected chi connectivity index (χ0v) is 12.6. The molecule has 1 aliphatic rings. The number of amides is 1. The summed E-state index contributed by atoms with van der Waals surface area (Å²) >= 11 is 3.30. The van der Waals surface area contributed by atoms with Crippen molar-refractivity contribution in [1.29, 1.82) is 0 Å². The van der Waals surface area contributed by atoms with E-state index in [1.54, 1.807) is 18.2 Å². The first-order valence-corrected chi connectivity index (χ1v) is 7.20. The third kappa shape index (κ3) is 3.34. The van der Waals surface area contributed by atoms with Gasteiger partial charge in [0, 0.05) is 17.6 Å². The molecule has 0 spiro atoms. The summed E-state index contributed by atoms with van der Waals surface area (Å²) in [7, 11) is 0. The molecule has 0 radical (unpaired) electrons. The highest BCUT2D eigenvalue weighted by atomic mass is 79.9. The molecule has 0 aliphatic carbocycles. The highest BCUT2D eigenvalue weighted by Crippen LogP contribution is 2.34. The molecule has 0 saturated carbocycles. The first-order chi connectivity index (χ1) is 9.29. The molecule has 2 rings (SSSR count). The number of nitrogens with zero attached hydrogens (tertiary/aromatic N) is 1. The normalized spacial score (nSPS) is 20.1. The van der Waals surface area contributed by atoms with Crippen LogP contribution in [0.4, 0.5) is 13.2 Å². The average Bonchev–Trinajstić information content (AvgIpc) is 2.37. The van der Waals surface area contributed by atoms with Gasteiger partial charge < -0.3 is 4.90 Å². The third-order valence-corrected chi connectivity index (χ3v) is 4.18. The van der Waals surface area contributed by atoms with E-state index in [-0.39, 0.29) is 18.9 Å². The Labute approximate surface area is 124 Å². The van der Waals surface area contributed by atoms with E-state index in [2.05, 4.69) is 15.9 Å². The van der Waals surface area contributed by atoms with Crippen LogP contribution in [0.25, 0.3) is 0 Å². The van der Waals surface area contributed by atoms with Gasteiger partial charge in [0.1, 0.15) is 0 Å². The predicted octanol–water partition coefficient (Wildman–Crippen LogP) is 4.17. The maximum absolute atomic E-state index is 12.8. The second-order valence-electron chi connectivity index (χ2n) is 5.12. The van der Waals surface area contributed by atoms with Crippen molar-refractivity contribution in [1.82, 2.24) is 4.90 Å². The van der Waals surface area contributed by atoms with Gasteiger partial charge in [-0.2, -0.15) is 13.2 Å². The van der Waals surface area contributed by atoms with Crippen molar-refractivity contribution in [3.8, 4) is 0 Å². The smallest absolute Gasteiger partial charge is 0.338 e. The summed E-state index contributed by atoms with van der Waals surface area (Å²) in [4.78, 5) is 13.6. The van der Waals surface area contributed by atoms with Gasteiger partial charge in [0.05, 0.1) is 11.5 Å². The van der Waals surface area contributed by atoms with Gasteiger partial charge in [0.25, 0.3) is 5.91 Å². The highest BCUT2D eigenvalue weighted by molar-refractivity contribution is 9.10. The summed E-state index contributed by atoms with van der Waals surface area (Å²) < 4.78 is 38.9. The number of carbonyl (C=O) groups excluding carboxylic acids is 1. The molecule has 1 heterocycles. The van der Waals surface area contributed by atoms with Crippen LogP contribution in [0.3, 0.4) is 0 Å². The third-order valence-electron chi connectivity index (χ3n) is 3.53. The largest absolute Gasteiger partial charge is 0.393 e. The van der Waals surface area contributed by atoms with E-state index in [9.17, 15) is 18.0 Å². The minimum Gasteiger partial charge on any atom is -0.338 e. The number of piperidine rings is 1. The van der Waals surface area contributed by atoms with Gasteiger partial charge in [-0.05, 0) is 53.4 Å². The topological polar surface area (TPSA) is 20.3 Å². The standard InChI is InChI=1S/C14H15BrF3NO/c1-9-4-5-11(12(15)7-9)13(20)19-6-2-3-10(8-19)14(16,17)18/h4-5,7,10H,2-3,6,8H2,1H3. The van der Waals surface area contributed by atoms with Crippen LogP contribution in [-0.4, -0.2) is 30.1 Å². The van der Waals surface area contributed by atoms with Crippen LogP contribution in [0, 0.1) is 12.8 Å². The fourth-order valence-electron chi connectivity index (χ4n) is 2.39. The number of carbonyl (C=O) groups is 1. The van der Waals surface area contributed by atoms with Gasteiger partial charge in [-0.3, -0.25) is 4.79 Å². The monoisotopic (exact) mass is 349 g/mol. The molecule has 1 fully saturated rings. The number of halogens is 4. The summed E-state index contributed by atoms with van der Waals surface area (Å²) in [6.45, 7) is 2.02. The van der Waals surface area contributed by atoms with Crippen molar-refractivity contribution in [3.05, 3.63) is 33.8 Å². The minimum absolute atomic E-state index is 0.0996. The quantitative estimate of drug-likeness (QED) is 0.744. The van der Waals surface area contributed by atoms with Crippen LogP contribution >= 0.6 is 15.9 Å². The van der Waals surface area contributed by atoms with Crippen molar-refractivity contribution >= 4 is 21.8 Å². The molecule has 1 unspecified atom stereocenters. The molecule has 20 heavy (non-hydrogen) atoms. The lowest BCUT2D eigenvalue weighted by molar-refractivity contribution is -0.184. The maximum Gasteiger partial charge on any atom is 0.393 e. The fraction of sp³-hybridized carbons (Fsp3) is 0.500. The Morgan fingerprint density at radius 1 is 1.40 bits per heavy atom. The first-order valence-electron chi connectivity index (χ1n) is 6.41. The summed E-state index contributed by atoms with van der Waals surface area (Å²) in [6.07, 6.45) is -3.74. The minimum atomic E-state index is -4.23. The van der Waals surface area contributed by atoms with Gasteiger partial charge in [0.2, 0.25) is 0 Å². The number of likely N-dealkylation sites (tertiary alicyclic amines) is 1. The molecule has 110 valence electrons. The SMILES string of the molecule is Cc1ccc(C(=O)N2CCCC(C(F)(F)F)C2)c(Br)c1. The van der Waals surface area contributed by atoms with E-state index in [1.165, 1.54) is 4.90 Å². The molecular formula is C14H15BrF3NO. The summed E-state index contributed by atoms with van der Waals surface area (Å²) in [6, 6.07) is 5.22. The van der Waals surface area contributed by atoms with Crippen LogP contribution in [0.5, 0.6) is 0 Å². The van der Waals surface area contributed by atoms with Crippen LogP contribution in [-0.2, 0) is 0 Å². The molecule has 1 aromatic carbocycles. The van der Waals surface area contributed by atoms with Crippen LogP contribution in [0.1, 0.15) is 28.8 Å². The lowest BCUT2D eigenvalue weighted by atomic mass is 9.97. The molecule has 0 aromatic heterocycles.